The van der Waals surface area contributed by atoms with Crippen LogP contribution in [0.15, 0.2) is 54.6 Å². The van der Waals surface area contributed by atoms with Gasteiger partial charge in [0.15, 0.2) is 0 Å². The summed E-state index contributed by atoms with van der Waals surface area (Å²) < 4.78 is 25.5. The lowest BCUT2D eigenvalue weighted by Crippen LogP contribution is -2.37. The Morgan fingerprint density at radius 3 is 2.46 bits per heavy atom. The molecule has 1 unspecified atom stereocenters. The van der Waals surface area contributed by atoms with Crippen molar-refractivity contribution in [3.8, 4) is 0 Å². The number of carbonyl (C=O) groups is 1. The summed E-state index contributed by atoms with van der Waals surface area (Å²) in [4.78, 5) is 14.9. The summed E-state index contributed by atoms with van der Waals surface area (Å²) in [5, 5.41) is 3.10. The van der Waals surface area contributed by atoms with Crippen molar-refractivity contribution in [3.05, 3.63) is 65.7 Å². The van der Waals surface area contributed by atoms with E-state index >= 15 is 0 Å². The minimum absolute atomic E-state index is 0.109. The van der Waals surface area contributed by atoms with Gasteiger partial charge in [0.1, 0.15) is 0 Å². The maximum atomic E-state index is 12.6. The standard InChI is InChI=1S/C21H25N3O3S/c25-21(18-7-9-20(10-8-18)24-12-4-14-28(24,26)27)22-19-11-13-23(16-19)15-17-5-2-1-3-6-17/h1-3,5-10,19H,4,11-16H2,(H,22,25). The molecule has 4 rings (SSSR count). The minimum Gasteiger partial charge on any atom is -0.348 e. The Morgan fingerprint density at radius 1 is 1.04 bits per heavy atom. The van der Waals surface area contributed by atoms with Crippen molar-refractivity contribution in [2.75, 3.05) is 29.7 Å². The van der Waals surface area contributed by atoms with Gasteiger partial charge in [-0.15, -0.1) is 0 Å². The van der Waals surface area contributed by atoms with Crippen LogP contribution in [0.1, 0.15) is 28.8 Å². The number of anilines is 1. The van der Waals surface area contributed by atoms with Crippen molar-refractivity contribution in [2.24, 2.45) is 0 Å². The Kier molecular flexibility index (Phi) is 5.37. The molecule has 6 nitrogen and oxygen atoms in total. The smallest absolute Gasteiger partial charge is 0.251 e. The van der Waals surface area contributed by atoms with Gasteiger partial charge in [-0.1, -0.05) is 30.3 Å². The van der Waals surface area contributed by atoms with E-state index in [0.717, 1.165) is 26.1 Å². The second kappa shape index (κ2) is 7.93. The number of amides is 1. The third-order valence-electron chi connectivity index (χ3n) is 5.37. The number of hydrogen-bond donors (Lipinski definition) is 1. The molecule has 2 aromatic rings. The number of benzene rings is 2. The largest absolute Gasteiger partial charge is 0.348 e. The van der Waals surface area contributed by atoms with Gasteiger partial charge in [0.05, 0.1) is 11.4 Å². The van der Waals surface area contributed by atoms with Crippen molar-refractivity contribution in [1.82, 2.24) is 10.2 Å². The summed E-state index contributed by atoms with van der Waals surface area (Å²) in [6.07, 6.45) is 1.58. The van der Waals surface area contributed by atoms with Crippen molar-refractivity contribution in [1.29, 1.82) is 0 Å². The molecule has 1 amide bonds. The monoisotopic (exact) mass is 399 g/mol. The molecular formula is C21H25N3O3S. The number of sulfonamides is 1. The van der Waals surface area contributed by atoms with E-state index in [0.29, 0.717) is 24.2 Å². The van der Waals surface area contributed by atoms with E-state index < -0.39 is 10.0 Å². The molecule has 2 aromatic carbocycles. The van der Waals surface area contributed by atoms with E-state index in [9.17, 15) is 13.2 Å². The predicted molar refractivity (Wildman–Crippen MR) is 110 cm³/mol. The first-order chi connectivity index (χ1) is 13.5. The Hall–Kier alpha value is -2.38. The predicted octanol–water partition coefficient (Wildman–Crippen LogP) is 2.23. The first-order valence-electron chi connectivity index (χ1n) is 9.69. The second-order valence-corrected chi connectivity index (χ2v) is 9.48. The van der Waals surface area contributed by atoms with Crippen LogP contribution in [0, 0.1) is 0 Å². The summed E-state index contributed by atoms with van der Waals surface area (Å²) in [6.45, 7) is 3.20. The van der Waals surface area contributed by atoms with Gasteiger partial charge >= 0.3 is 0 Å². The zero-order valence-corrected chi connectivity index (χ0v) is 16.6. The fraction of sp³-hybridized carbons (Fsp3) is 0.381. The van der Waals surface area contributed by atoms with Crippen LogP contribution in [0.4, 0.5) is 5.69 Å². The van der Waals surface area contributed by atoms with E-state index in [-0.39, 0.29) is 17.7 Å². The van der Waals surface area contributed by atoms with Gasteiger partial charge in [-0.3, -0.25) is 14.0 Å². The van der Waals surface area contributed by atoms with Crippen molar-refractivity contribution >= 4 is 21.6 Å². The van der Waals surface area contributed by atoms with E-state index in [1.807, 2.05) is 18.2 Å². The summed E-state index contributed by atoms with van der Waals surface area (Å²) in [6, 6.07) is 17.3. The molecule has 148 valence electrons. The Bertz CT molecular complexity index is 929. The molecule has 1 atom stereocenters. The highest BCUT2D eigenvalue weighted by atomic mass is 32.2. The van der Waals surface area contributed by atoms with Gasteiger partial charge in [0.25, 0.3) is 5.91 Å². The Labute approximate surface area is 166 Å². The van der Waals surface area contributed by atoms with Crippen molar-refractivity contribution in [2.45, 2.75) is 25.4 Å². The van der Waals surface area contributed by atoms with Crippen LogP contribution in [-0.4, -0.2) is 50.7 Å². The average molecular weight is 400 g/mol. The van der Waals surface area contributed by atoms with Crippen LogP contribution >= 0.6 is 0 Å². The summed E-state index contributed by atoms with van der Waals surface area (Å²) in [5.74, 6) is 0.0820. The molecule has 0 aliphatic carbocycles. The van der Waals surface area contributed by atoms with E-state index in [1.54, 1.807) is 24.3 Å². The van der Waals surface area contributed by atoms with Crippen LogP contribution in [0.3, 0.4) is 0 Å². The van der Waals surface area contributed by atoms with Crippen LogP contribution in [-0.2, 0) is 16.6 Å². The van der Waals surface area contributed by atoms with E-state index in [4.69, 9.17) is 0 Å². The first kappa shape index (κ1) is 19.0. The Balaban J connectivity index is 1.33. The molecule has 0 spiro atoms. The third kappa shape index (κ3) is 4.20. The van der Waals surface area contributed by atoms with Crippen LogP contribution < -0.4 is 9.62 Å². The fourth-order valence-electron chi connectivity index (χ4n) is 3.91. The lowest BCUT2D eigenvalue weighted by atomic mass is 10.1. The highest BCUT2D eigenvalue weighted by Gasteiger charge is 2.28. The normalized spacial score (nSPS) is 21.7. The fourth-order valence-corrected chi connectivity index (χ4v) is 5.48. The number of likely N-dealkylation sites (tertiary alicyclic amines) is 1. The van der Waals surface area contributed by atoms with Crippen molar-refractivity contribution in [3.63, 3.8) is 0 Å². The van der Waals surface area contributed by atoms with E-state index in [2.05, 4.69) is 22.3 Å². The molecule has 28 heavy (non-hydrogen) atoms. The molecular weight excluding hydrogens is 374 g/mol. The zero-order chi connectivity index (χ0) is 19.6. The molecule has 7 heteroatoms. The van der Waals surface area contributed by atoms with Gasteiger partial charge < -0.3 is 5.32 Å². The van der Waals surface area contributed by atoms with E-state index in [1.165, 1.54) is 9.87 Å². The first-order valence-corrected chi connectivity index (χ1v) is 11.3. The molecule has 2 aliphatic rings. The van der Waals surface area contributed by atoms with Gasteiger partial charge in [0, 0.05) is 37.8 Å². The number of carbonyl (C=O) groups excluding carboxylic acids is 1. The van der Waals surface area contributed by atoms with Gasteiger partial charge in [0.2, 0.25) is 10.0 Å². The summed E-state index contributed by atoms with van der Waals surface area (Å²) in [7, 11) is -3.20. The van der Waals surface area contributed by atoms with Gasteiger partial charge in [-0.2, -0.15) is 0 Å². The number of nitrogens with one attached hydrogen (secondary N) is 1. The molecule has 2 saturated heterocycles. The average Bonchev–Trinajstić information content (AvgIpc) is 3.28. The topological polar surface area (TPSA) is 69.7 Å². The molecule has 0 radical (unpaired) electrons. The molecule has 1 N–H and O–H groups in total. The number of rotatable bonds is 5. The maximum absolute atomic E-state index is 12.6. The van der Waals surface area contributed by atoms with Crippen LogP contribution in [0.25, 0.3) is 0 Å². The number of nitrogens with zero attached hydrogens (tertiary/aromatic N) is 2. The van der Waals surface area contributed by atoms with Crippen LogP contribution in [0.2, 0.25) is 0 Å². The summed E-state index contributed by atoms with van der Waals surface area (Å²) >= 11 is 0. The molecule has 2 heterocycles. The highest BCUT2D eigenvalue weighted by Crippen LogP contribution is 2.24. The quantitative estimate of drug-likeness (QED) is 0.837. The minimum atomic E-state index is -3.20. The molecule has 0 bridgehead atoms. The molecule has 2 fully saturated rings. The molecule has 0 saturated carbocycles. The Morgan fingerprint density at radius 2 is 1.79 bits per heavy atom. The number of hydrogen-bond acceptors (Lipinski definition) is 4. The third-order valence-corrected chi connectivity index (χ3v) is 7.24. The van der Waals surface area contributed by atoms with Gasteiger partial charge in [-0.05, 0) is 42.7 Å². The van der Waals surface area contributed by atoms with Crippen LogP contribution in [0.5, 0.6) is 0 Å². The molecule has 2 aliphatic heterocycles. The lowest BCUT2D eigenvalue weighted by molar-refractivity contribution is 0.0937. The van der Waals surface area contributed by atoms with Gasteiger partial charge in [-0.25, -0.2) is 8.42 Å². The second-order valence-electron chi connectivity index (χ2n) is 7.47. The summed E-state index contributed by atoms with van der Waals surface area (Å²) in [5.41, 5.74) is 2.47. The highest BCUT2D eigenvalue weighted by molar-refractivity contribution is 7.93. The SMILES string of the molecule is O=C(NC1CCN(Cc2ccccc2)C1)c1ccc(N2CCCS2(=O)=O)cc1. The lowest BCUT2D eigenvalue weighted by Gasteiger charge is -2.18. The molecule has 0 aromatic heterocycles. The zero-order valence-electron chi connectivity index (χ0n) is 15.8. The van der Waals surface area contributed by atoms with Crippen molar-refractivity contribution < 1.29 is 13.2 Å². The maximum Gasteiger partial charge on any atom is 0.251 e.